The molecule has 3 N–H and O–H groups in total. The third-order valence-corrected chi connectivity index (χ3v) is 3.03. The molecule has 1 aliphatic rings. The van der Waals surface area contributed by atoms with Crippen LogP contribution in [0.2, 0.25) is 0 Å². The van der Waals surface area contributed by atoms with Gasteiger partial charge in [-0.2, -0.15) is 0 Å². The molecule has 1 fully saturated rings. The molecular formula is C11H16N4OS. The smallest absolute Gasteiger partial charge is 0.144 e. The first-order valence-corrected chi connectivity index (χ1v) is 6.10. The summed E-state index contributed by atoms with van der Waals surface area (Å²) in [5, 5.41) is 3.27. The minimum atomic E-state index is 0.272. The second kappa shape index (κ2) is 5.88. The van der Waals surface area contributed by atoms with Gasteiger partial charge < -0.3 is 15.8 Å². The van der Waals surface area contributed by atoms with Gasteiger partial charge in [-0.25, -0.2) is 9.97 Å². The number of nitrogens with two attached hydrogens (primary N) is 1. The molecule has 0 aliphatic carbocycles. The monoisotopic (exact) mass is 252 g/mol. The normalized spacial score (nSPS) is 16.7. The number of hydrogen-bond donors (Lipinski definition) is 2. The van der Waals surface area contributed by atoms with Gasteiger partial charge >= 0.3 is 0 Å². The molecule has 0 radical (unpaired) electrons. The fourth-order valence-corrected chi connectivity index (χ4v) is 1.85. The Hall–Kier alpha value is -1.27. The lowest BCUT2D eigenvalue weighted by molar-refractivity contribution is 0.0699. The summed E-state index contributed by atoms with van der Waals surface area (Å²) in [5.41, 5.74) is 6.00. The van der Waals surface area contributed by atoms with Crippen LogP contribution in [0, 0.1) is 5.92 Å². The number of ether oxygens (including phenoxy) is 1. The highest BCUT2D eigenvalue weighted by Gasteiger charge is 2.13. The zero-order chi connectivity index (χ0) is 12.1. The Morgan fingerprint density at radius 3 is 2.76 bits per heavy atom. The highest BCUT2D eigenvalue weighted by molar-refractivity contribution is 7.80. The Balaban J connectivity index is 1.84. The number of rotatable bonds is 4. The van der Waals surface area contributed by atoms with Crippen LogP contribution in [-0.2, 0) is 4.74 Å². The van der Waals surface area contributed by atoms with Gasteiger partial charge in [0.1, 0.15) is 16.5 Å². The molecule has 5 nitrogen and oxygen atoms in total. The number of anilines is 1. The van der Waals surface area contributed by atoms with Gasteiger partial charge in [-0.15, -0.1) is 0 Å². The van der Waals surface area contributed by atoms with Crippen LogP contribution >= 0.6 is 12.2 Å². The standard InChI is InChI=1S/C11H16N4OS/c12-11(17)9-6-15-10(7-13-9)14-5-8-1-3-16-4-2-8/h6-8H,1-5H2,(H2,12,17)(H,14,15). The third kappa shape index (κ3) is 3.61. The molecular weight excluding hydrogens is 236 g/mol. The van der Waals surface area contributed by atoms with Crippen molar-refractivity contribution >= 4 is 23.0 Å². The van der Waals surface area contributed by atoms with E-state index < -0.39 is 0 Å². The van der Waals surface area contributed by atoms with Crippen molar-refractivity contribution in [2.45, 2.75) is 12.8 Å². The molecule has 92 valence electrons. The number of nitrogens with zero attached hydrogens (tertiary/aromatic N) is 2. The van der Waals surface area contributed by atoms with Crippen LogP contribution in [0.15, 0.2) is 12.4 Å². The summed E-state index contributed by atoms with van der Waals surface area (Å²) in [4.78, 5) is 8.61. The topological polar surface area (TPSA) is 73.1 Å². The van der Waals surface area contributed by atoms with Crippen molar-refractivity contribution in [2.75, 3.05) is 25.1 Å². The summed E-state index contributed by atoms with van der Waals surface area (Å²) in [6.45, 7) is 2.63. The second-order valence-electron chi connectivity index (χ2n) is 4.09. The zero-order valence-electron chi connectivity index (χ0n) is 9.56. The third-order valence-electron chi connectivity index (χ3n) is 2.82. The summed E-state index contributed by atoms with van der Waals surface area (Å²) in [5.74, 6) is 1.41. The summed E-state index contributed by atoms with van der Waals surface area (Å²) < 4.78 is 5.31. The van der Waals surface area contributed by atoms with Crippen molar-refractivity contribution in [2.24, 2.45) is 11.7 Å². The molecule has 0 atom stereocenters. The van der Waals surface area contributed by atoms with E-state index >= 15 is 0 Å². The lowest BCUT2D eigenvalue weighted by atomic mass is 10.0. The van der Waals surface area contributed by atoms with Crippen molar-refractivity contribution in [3.63, 3.8) is 0 Å². The SMILES string of the molecule is NC(=S)c1cnc(NCC2CCOCC2)cn1. The van der Waals surface area contributed by atoms with E-state index in [1.54, 1.807) is 12.4 Å². The van der Waals surface area contributed by atoms with Crippen molar-refractivity contribution in [3.8, 4) is 0 Å². The van der Waals surface area contributed by atoms with Gasteiger partial charge in [-0.05, 0) is 18.8 Å². The van der Waals surface area contributed by atoms with E-state index in [0.29, 0.717) is 11.6 Å². The average Bonchev–Trinajstić information content (AvgIpc) is 2.38. The van der Waals surface area contributed by atoms with Crippen molar-refractivity contribution in [1.82, 2.24) is 9.97 Å². The summed E-state index contributed by atoms with van der Waals surface area (Å²) >= 11 is 4.81. The van der Waals surface area contributed by atoms with Crippen molar-refractivity contribution in [1.29, 1.82) is 0 Å². The van der Waals surface area contributed by atoms with Crippen LogP contribution in [0.1, 0.15) is 18.5 Å². The predicted octanol–water partition coefficient (Wildman–Crippen LogP) is 0.949. The van der Waals surface area contributed by atoms with E-state index in [0.717, 1.165) is 38.4 Å². The lowest BCUT2D eigenvalue weighted by Crippen LogP contribution is -2.23. The molecule has 6 heteroatoms. The van der Waals surface area contributed by atoms with E-state index in [2.05, 4.69) is 15.3 Å². The molecule has 2 rings (SSSR count). The van der Waals surface area contributed by atoms with Gasteiger partial charge in [-0.3, -0.25) is 0 Å². The Morgan fingerprint density at radius 1 is 1.41 bits per heavy atom. The summed E-state index contributed by atoms with van der Waals surface area (Å²) in [7, 11) is 0. The first-order chi connectivity index (χ1) is 8.25. The minimum Gasteiger partial charge on any atom is -0.388 e. The summed E-state index contributed by atoms with van der Waals surface area (Å²) in [6.07, 6.45) is 5.46. The number of aromatic nitrogens is 2. The Morgan fingerprint density at radius 2 is 2.18 bits per heavy atom. The maximum atomic E-state index is 5.45. The van der Waals surface area contributed by atoms with E-state index in [4.69, 9.17) is 22.7 Å². The molecule has 0 aromatic carbocycles. The fourth-order valence-electron chi connectivity index (χ4n) is 1.75. The first kappa shape index (κ1) is 12.2. The number of thiocarbonyl (C=S) groups is 1. The van der Waals surface area contributed by atoms with Crippen molar-refractivity contribution < 1.29 is 4.74 Å². The van der Waals surface area contributed by atoms with Gasteiger partial charge in [0, 0.05) is 19.8 Å². The maximum Gasteiger partial charge on any atom is 0.144 e. The highest BCUT2D eigenvalue weighted by Crippen LogP contribution is 2.15. The molecule has 0 bridgehead atoms. The van der Waals surface area contributed by atoms with Gasteiger partial charge in [0.05, 0.1) is 12.4 Å². The summed E-state index contributed by atoms with van der Waals surface area (Å²) in [6, 6.07) is 0. The number of hydrogen-bond acceptors (Lipinski definition) is 5. The van der Waals surface area contributed by atoms with Crippen LogP contribution in [0.4, 0.5) is 5.82 Å². The van der Waals surface area contributed by atoms with Gasteiger partial charge in [0.15, 0.2) is 0 Å². The molecule has 0 unspecified atom stereocenters. The molecule has 1 aliphatic heterocycles. The number of nitrogens with one attached hydrogen (secondary N) is 1. The highest BCUT2D eigenvalue weighted by atomic mass is 32.1. The molecule has 2 heterocycles. The largest absolute Gasteiger partial charge is 0.388 e. The molecule has 1 aromatic heterocycles. The zero-order valence-corrected chi connectivity index (χ0v) is 10.4. The molecule has 17 heavy (non-hydrogen) atoms. The van der Waals surface area contributed by atoms with Crippen LogP contribution in [-0.4, -0.2) is 34.7 Å². The Kier molecular flexibility index (Phi) is 4.22. The molecule has 1 saturated heterocycles. The molecule has 0 saturated carbocycles. The quantitative estimate of drug-likeness (QED) is 0.777. The van der Waals surface area contributed by atoms with Crippen LogP contribution in [0.25, 0.3) is 0 Å². The Bertz CT molecular complexity index is 376. The first-order valence-electron chi connectivity index (χ1n) is 5.69. The van der Waals surface area contributed by atoms with Gasteiger partial charge in [0.2, 0.25) is 0 Å². The Labute approximate surface area is 106 Å². The van der Waals surface area contributed by atoms with E-state index in [1.807, 2.05) is 0 Å². The minimum absolute atomic E-state index is 0.272. The van der Waals surface area contributed by atoms with Gasteiger partial charge in [-0.1, -0.05) is 12.2 Å². The fraction of sp³-hybridized carbons (Fsp3) is 0.545. The maximum absolute atomic E-state index is 5.45. The van der Waals surface area contributed by atoms with Crippen LogP contribution < -0.4 is 11.1 Å². The van der Waals surface area contributed by atoms with E-state index in [1.165, 1.54) is 0 Å². The molecule has 0 spiro atoms. The molecule has 1 aromatic rings. The van der Waals surface area contributed by atoms with E-state index in [9.17, 15) is 0 Å². The molecule has 0 amide bonds. The van der Waals surface area contributed by atoms with Gasteiger partial charge in [0.25, 0.3) is 0 Å². The van der Waals surface area contributed by atoms with E-state index in [-0.39, 0.29) is 4.99 Å². The predicted molar refractivity (Wildman–Crippen MR) is 70.0 cm³/mol. The van der Waals surface area contributed by atoms with Crippen LogP contribution in [0.3, 0.4) is 0 Å². The average molecular weight is 252 g/mol. The lowest BCUT2D eigenvalue weighted by Gasteiger charge is -2.22. The second-order valence-corrected chi connectivity index (χ2v) is 4.53. The van der Waals surface area contributed by atoms with Crippen molar-refractivity contribution in [3.05, 3.63) is 18.1 Å². The van der Waals surface area contributed by atoms with Crippen LogP contribution in [0.5, 0.6) is 0 Å².